The van der Waals surface area contributed by atoms with Crippen molar-refractivity contribution >= 4 is 17.0 Å². The van der Waals surface area contributed by atoms with Crippen LogP contribution < -0.4 is 5.32 Å². The first kappa shape index (κ1) is 16.8. The molecule has 4 aliphatic carbocycles. The largest absolute Gasteiger partial charge is 0.481 e. The number of carboxylic acids is 1. The quantitative estimate of drug-likeness (QED) is 0.729. The van der Waals surface area contributed by atoms with Crippen molar-refractivity contribution in [3.8, 4) is 11.8 Å². The van der Waals surface area contributed by atoms with E-state index in [1.807, 2.05) is 0 Å². The maximum Gasteiger partial charge on any atom is 0.308 e. The third kappa shape index (κ3) is 2.90. The highest BCUT2D eigenvalue weighted by atomic mass is 19.1. The number of fused-ring (bicyclic) bond motifs is 4. The van der Waals surface area contributed by atoms with Gasteiger partial charge in [-0.2, -0.15) is 0 Å². The van der Waals surface area contributed by atoms with Crippen molar-refractivity contribution in [3.05, 3.63) is 29.8 Å². The van der Waals surface area contributed by atoms with Gasteiger partial charge in [0.05, 0.1) is 23.2 Å². The highest BCUT2D eigenvalue weighted by Gasteiger charge is 2.52. The summed E-state index contributed by atoms with van der Waals surface area (Å²) in [7, 11) is 0. The summed E-state index contributed by atoms with van der Waals surface area (Å²) in [5.74, 6) is 5.86. The maximum absolute atomic E-state index is 13.5. The summed E-state index contributed by atoms with van der Waals surface area (Å²) in [5, 5.41) is 14.1. The molecular weight excluding hydrogens is 345 g/mol. The second-order valence-electron chi connectivity index (χ2n) is 8.29. The molecule has 2 aromatic heterocycles. The van der Waals surface area contributed by atoms with Gasteiger partial charge in [-0.25, -0.2) is 9.37 Å². The Morgan fingerprint density at radius 2 is 2.04 bits per heavy atom. The van der Waals surface area contributed by atoms with Crippen LogP contribution in [0.1, 0.15) is 44.1 Å². The number of carboxylic acid groups (broad SMARTS) is 1. The number of aromatic amines is 1. The molecule has 0 aromatic carbocycles. The van der Waals surface area contributed by atoms with Crippen LogP contribution >= 0.6 is 0 Å². The van der Waals surface area contributed by atoms with Crippen LogP contribution in [0.4, 0.5) is 4.39 Å². The van der Waals surface area contributed by atoms with Gasteiger partial charge in [0.25, 0.3) is 0 Å². The Bertz CT molecular complexity index is 961. The predicted octanol–water partition coefficient (Wildman–Crippen LogP) is 3.07. The van der Waals surface area contributed by atoms with Crippen molar-refractivity contribution in [2.45, 2.75) is 50.1 Å². The summed E-state index contributed by atoms with van der Waals surface area (Å²) in [5.41, 5.74) is 1.04. The van der Waals surface area contributed by atoms with E-state index in [1.165, 1.54) is 12.3 Å². The second kappa shape index (κ2) is 6.07. The van der Waals surface area contributed by atoms with Crippen molar-refractivity contribution in [2.75, 3.05) is 0 Å². The van der Waals surface area contributed by atoms with Gasteiger partial charge in [0.1, 0.15) is 11.5 Å². The molecule has 0 spiro atoms. The predicted molar refractivity (Wildman–Crippen MR) is 98.4 cm³/mol. The molecule has 0 radical (unpaired) electrons. The number of rotatable bonds is 3. The van der Waals surface area contributed by atoms with Gasteiger partial charge in [-0.3, -0.25) is 10.1 Å². The molecule has 0 unspecified atom stereocenters. The summed E-state index contributed by atoms with van der Waals surface area (Å²) in [6, 6.07) is 1.45. The zero-order valence-electron chi connectivity index (χ0n) is 15.0. The fourth-order valence-electron chi connectivity index (χ4n) is 5.03. The highest BCUT2D eigenvalue weighted by molar-refractivity contribution is 5.83. The first-order valence-electron chi connectivity index (χ1n) is 9.71. The average molecular weight is 367 g/mol. The Labute approximate surface area is 156 Å². The fourth-order valence-corrected chi connectivity index (χ4v) is 5.03. The molecule has 0 amide bonds. The maximum atomic E-state index is 13.5. The minimum Gasteiger partial charge on any atom is -0.481 e. The Morgan fingerprint density at radius 1 is 1.30 bits per heavy atom. The number of pyridine rings is 1. The Kier molecular flexibility index (Phi) is 3.76. The Balaban J connectivity index is 1.40. The number of nitrogens with zero attached hydrogens (tertiary/aromatic N) is 1. The van der Waals surface area contributed by atoms with Crippen molar-refractivity contribution in [2.24, 2.45) is 17.8 Å². The molecule has 6 rings (SSSR count). The molecule has 4 fully saturated rings. The Morgan fingerprint density at radius 3 is 2.74 bits per heavy atom. The van der Waals surface area contributed by atoms with E-state index in [4.69, 9.17) is 0 Å². The molecule has 6 heteroatoms. The zero-order valence-corrected chi connectivity index (χ0v) is 15.0. The molecule has 2 aromatic rings. The zero-order chi connectivity index (χ0) is 18.6. The number of aromatic nitrogens is 2. The van der Waals surface area contributed by atoms with Crippen molar-refractivity contribution in [1.29, 1.82) is 0 Å². The molecule has 2 atom stereocenters. The van der Waals surface area contributed by atoms with E-state index in [0.717, 1.165) is 44.1 Å². The summed E-state index contributed by atoms with van der Waals surface area (Å²) >= 11 is 0. The summed E-state index contributed by atoms with van der Waals surface area (Å²) in [4.78, 5) is 18.9. The molecule has 2 heterocycles. The number of hydrogen-bond acceptors (Lipinski definition) is 3. The monoisotopic (exact) mass is 367 g/mol. The van der Waals surface area contributed by atoms with Crippen LogP contribution in [0.15, 0.2) is 18.5 Å². The number of H-pyrrole nitrogens is 1. The summed E-state index contributed by atoms with van der Waals surface area (Å²) in [6.07, 6.45) is 9.09. The second-order valence-corrected chi connectivity index (χ2v) is 8.29. The average Bonchev–Trinajstić information content (AvgIpc) is 3.31. The van der Waals surface area contributed by atoms with Crippen LogP contribution in [0.2, 0.25) is 0 Å². The van der Waals surface area contributed by atoms with E-state index < -0.39 is 5.97 Å². The van der Waals surface area contributed by atoms with E-state index in [-0.39, 0.29) is 29.2 Å². The van der Waals surface area contributed by atoms with Gasteiger partial charge in [-0.05, 0) is 56.4 Å². The number of aliphatic carboxylic acids is 1. The molecule has 3 N–H and O–H groups in total. The van der Waals surface area contributed by atoms with Gasteiger partial charge in [0.15, 0.2) is 0 Å². The summed E-state index contributed by atoms with van der Waals surface area (Å²) < 4.78 is 13.5. The first-order chi connectivity index (χ1) is 13.0. The lowest BCUT2D eigenvalue weighted by molar-refractivity contribution is -0.149. The summed E-state index contributed by atoms with van der Waals surface area (Å²) in [6.45, 7) is 0. The molecule has 0 saturated heterocycles. The van der Waals surface area contributed by atoms with Crippen molar-refractivity contribution in [1.82, 2.24) is 15.3 Å². The Hall–Kier alpha value is -2.39. The van der Waals surface area contributed by atoms with E-state index in [2.05, 4.69) is 27.1 Å². The third-order valence-electron chi connectivity index (χ3n) is 6.63. The van der Waals surface area contributed by atoms with E-state index in [0.29, 0.717) is 17.0 Å². The molecule has 0 aliphatic heterocycles. The fraction of sp³-hybridized carbons (Fsp3) is 0.524. The van der Waals surface area contributed by atoms with Crippen molar-refractivity contribution in [3.63, 3.8) is 0 Å². The third-order valence-corrected chi connectivity index (χ3v) is 6.63. The SMILES string of the molecule is O=C(O)[C@H]1C2CCC(CC2)[C@@H]1NC1(C#Cc2c[nH]c3ncc(F)cc23)CC1. The van der Waals surface area contributed by atoms with Crippen LogP contribution in [0.25, 0.3) is 11.0 Å². The van der Waals surface area contributed by atoms with E-state index in [1.54, 1.807) is 6.20 Å². The van der Waals surface area contributed by atoms with E-state index >= 15 is 0 Å². The molecule has 4 saturated carbocycles. The smallest absolute Gasteiger partial charge is 0.308 e. The molecule has 2 bridgehead atoms. The van der Waals surface area contributed by atoms with Crippen LogP contribution in [0.3, 0.4) is 0 Å². The van der Waals surface area contributed by atoms with Crippen LogP contribution in [-0.2, 0) is 4.79 Å². The van der Waals surface area contributed by atoms with Crippen LogP contribution in [0, 0.1) is 35.4 Å². The van der Waals surface area contributed by atoms with Gasteiger partial charge >= 0.3 is 5.97 Å². The molecule has 5 nitrogen and oxygen atoms in total. The standard InChI is InChI=1S/C21H22FN3O2/c22-15-9-16-14(10-23-19(16)24-11-15)5-6-21(7-8-21)25-18-13-3-1-12(2-4-13)17(18)20(26)27/h9-13,17-18,25H,1-4,7-8H2,(H,23,24)(H,26,27)/t12?,13?,17-,18-/m0/s1. The topological polar surface area (TPSA) is 78.0 Å². The van der Waals surface area contributed by atoms with Crippen LogP contribution in [-0.4, -0.2) is 32.6 Å². The lowest BCUT2D eigenvalue weighted by Crippen LogP contribution is -2.57. The van der Waals surface area contributed by atoms with Crippen LogP contribution in [0.5, 0.6) is 0 Å². The van der Waals surface area contributed by atoms with Gasteiger partial charge in [0, 0.05) is 17.6 Å². The number of halogens is 1. The van der Waals surface area contributed by atoms with Gasteiger partial charge < -0.3 is 10.1 Å². The molecular formula is C21H22FN3O2. The highest BCUT2D eigenvalue weighted by Crippen LogP contribution is 2.48. The van der Waals surface area contributed by atoms with Crippen molar-refractivity contribution < 1.29 is 14.3 Å². The normalized spacial score (nSPS) is 30.7. The first-order valence-corrected chi connectivity index (χ1v) is 9.71. The number of nitrogens with one attached hydrogen (secondary N) is 2. The number of carbonyl (C=O) groups is 1. The minimum absolute atomic E-state index is 0.00822. The number of hydrogen-bond donors (Lipinski definition) is 3. The van der Waals surface area contributed by atoms with Gasteiger partial charge in [0.2, 0.25) is 0 Å². The lowest BCUT2D eigenvalue weighted by Gasteiger charge is -2.48. The minimum atomic E-state index is -0.677. The van der Waals surface area contributed by atoms with Gasteiger partial charge in [-0.15, -0.1) is 0 Å². The molecule has 140 valence electrons. The van der Waals surface area contributed by atoms with E-state index in [9.17, 15) is 14.3 Å². The van der Waals surface area contributed by atoms with Gasteiger partial charge in [-0.1, -0.05) is 11.8 Å². The molecule has 27 heavy (non-hydrogen) atoms. The lowest BCUT2D eigenvalue weighted by atomic mass is 9.61. The molecule has 4 aliphatic rings.